The van der Waals surface area contributed by atoms with Crippen LogP contribution in [0.4, 0.5) is 0 Å². The van der Waals surface area contributed by atoms with Crippen LogP contribution in [0.15, 0.2) is 0 Å². The minimum Gasteiger partial charge on any atom is -0.462 e. The summed E-state index contributed by atoms with van der Waals surface area (Å²) in [5.74, 6) is -0.301. The van der Waals surface area contributed by atoms with Gasteiger partial charge in [-0.05, 0) is 112 Å². The molecule has 0 aromatic rings. The van der Waals surface area contributed by atoms with Gasteiger partial charge in [0.25, 0.3) is 0 Å². The van der Waals surface area contributed by atoms with E-state index in [1.165, 1.54) is 6.92 Å². The lowest BCUT2D eigenvalue weighted by Crippen LogP contribution is -2.70. The second-order valence-electron chi connectivity index (χ2n) is 19.0. The summed E-state index contributed by atoms with van der Waals surface area (Å²) in [6.07, 6.45) is -1.29. The van der Waals surface area contributed by atoms with E-state index in [0.717, 1.165) is 25.7 Å². The first-order valence-electron chi connectivity index (χ1n) is 18.8. The molecule has 0 aromatic carbocycles. The Bertz CT molecular complexity index is 1270. The molecule has 11 heteroatoms. The molecule has 6 rings (SSSR count). The number of hydrogen-bond acceptors (Lipinski definition) is 11. The Kier molecular flexibility index (Phi) is 9.32. The maximum absolute atomic E-state index is 12.9. The Balaban J connectivity index is 1.31. The van der Waals surface area contributed by atoms with Crippen LogP contribution in [-0.2, 0) is 23.7 Å². The fraction of sp³-hybridized carbons (Fsp3) is 0.974. The molecule has 6 aliphatic rings. The minimum atomic E-state index is -1.50. The van der Waals surface area contributed by atoms with Crippen molar-refractivity contribution >= 4 is 5.97 Å². The first kappa shape index (κ1) is 37.9. The summed E-state index contributed by atoms with van der Waals surface area (Å²) in [7, 11) is 0. The van der Waals surface area contributed by atoms with Gasteiger partial charge in [-0.25, -0.2) is 0 Å². The maximum Gasteiger partial charge on any atom is 0.302 e. The van der Waals surface area contributed by atoms with E-state index >= 15 is 0 Å². The average molecular weight is 697 g/mol. The van der Waals surface area contributed by atoms with E-state index in [0.29, 0.717) is 32.1 Å². The van der Waals surface area contributed by atoms with Gasteiger partial charge in [-0.15, -0.1) is 0 Å². The fourth-order valence-electron chi connectivity index (χ4n) is 12.9. The molecule has 0 radical (unpaired) electrons. The highest BCUT2D eigenvalue weighted by atomic mass is 16.7. The van der Waals surface area contributed by atoms with Crippen LogP contribution in [-0.4, -0.2) is 109 Å². The van der Waals surface area contributed by atoms with Gasteiger partial charge in [-0.2, -0.15) is 0 Å². The molecule has 0 aromatic heterocycles. The predicted molar refractivity (Wildman–Crippen MR) is 179 cm³/mol. The van der Waals surface area contributed by atoms with Crippen LogP contribution in [0.1, 0.15) is 120 Å². The summed E-state index contributed by atoms with van der Waals surface area (Å²) in [5.41, 5.74) is -4.23. The Morgan fingerprint density at radius 1 is 0.857 bits per heavy atom. The van der Waals surface area contributed by atoms with Crippen LogP contribution in [0.5, 0.6) is 0 Å². The second-order valence-corrected chi connectivity index (χ2v) is 19.0. The van der Waals surface area contributed by atoms with Gasteiger partial charge in [0.15, 0.2) is 6.29 Å². The van der Waals surface area contributed by atoms with E-state index in [4.69, 9.17) is 18.9 Å². The van der Waals surface area contributed by atoms with E-state index in [9.17, 15) is 35.4 Å². The number of aliphatic hydroxyl groups excluding tert-OH is 4. The molecule has 0 spiro atoms. The van der Waals surface area contributed by atoms with Crippen molar-refractivity contribution in [1.29, 1.82) is 0 Å². The van der Waals surface area contributed by atoms with Crippen LogP contribution in [0.25, 0.3) is 0 Å². The highest BCUT2D eigenvalue weighted by Crippen LogP contribution is 2.77. The first-order chi connectivity index (χ1) is 22.5. The maximum atomic E-state index is 12.9. The van der Waals surface area contributed by atoms with Crippen LogP contribution in [0.2, 0.25) is 0 Å². The van der Waals surface area contributed by atoms with E-state index in [1.54, 1.807) is 13.8 Å². The largest absolute Gasteiger partial charge is 0.462 e. The highest BCUT2D eigenvalue weighted by Gasteiger charge is 2.76. The Hall–Kier alpha value is -0.890. The smallest absolute Gasteiger partial charge is 0.302 e. The Labute approximate surface area is 292 Å². The molecule has 6 N–H and O–H groups in total. The molecule has 2 saturated heterocycles. The van der Waals surface area contributed by atoms with Crippen molar-refractivity contribution in [2.45, 2.75) is 186 Å². The number of ether oxygens (including phenoxy) is 4. The van der Waals surface area contributed by atoms with Crippen LogP contribution in [0.3, 0.4) is 0 Å². The van der Waals surface area contributed by atoms with Gasteiger partial charge < -0.3 is 49.6 Å². The lowest BCUT2D eigenvalue weighted by Gasteiger charge is -2.71. The van der Waals surface area contributed by atoms with Crippen LogP contribution in [0, 0.1) is 39.4 Å². The zero-order valence-corrected chi connectivity index (χ0v) is 31.1. The standard InChI is InChI=1S/C38H64O11/c1-20(40)46-21-18-24-34(6)13-11-25(48-31-29(43)28(42)27(41)22(19-39)47-31)32(2,3)23(34)10-14-35(24,7)36(8)16-17-38(45,30(21)36)37(9)15-12-26(49-37)33(4,5)44/h21-31,39,41-45H,10-19H2,1-9H3/t21-,22-,23?,24-,25-,26-,27-,28+,29-,30?,31+,34+,35-,36-,37+,38-/m1/s1. The Morgan fingerprint density at radius 3 is 2.12 bits per heavy atom. The summed E-state index contributed by atoms with van der Waals surface area (Å²) < 4.78 is 25.1. The fourth-order valence-corrected chi connectivity index (χ4v) is 12.9. The van der Waals surface area contributed by atoms with Crippen molar-refractivity contribution < 1.29 is 54.4 Å². The van der Waals surface area contributed by atoms with E-state index in [2.05, 4.69) is 34.6 Å². The molecule has 0 amide bonds. The van der Waals surface area contributed by atoms with Crippen molar-refractivity contribution in [1.82, 2.24) is 0 Å². The monoisotopic (exact) mass is 696 g/mol. The molecule has 11 nitrogen and oxygen atoms in total. The number of carbonyl (C=O) groups is 1. The molecule has 4 saturated carbocycles. The van der Waals surface area contributed by atoms with E-state index in [-0.39, 0.29) is 51.5 Å². The number of hydrogen-bond donors (Lipinski definition) is 6. The molecule has 2 unspecified atom stereocenters. The summed E-state index contributed by atoms with van der Waals surface area (Å²) in [5, 5.41) is 65.0. The Morgan fingerprint density at radius 2 is 1.53 bits per heavy atom. The lowest BCUT2D eigenvalue weighted by molar-refractivity contribution is -0.333. The van der Waals surface area contributed by atoms with E-state index in [1.807, 2.05) is 6.92 Å². The van der Waals surface area contributed by atoms with Gasteiger partial charge in [0.2, 0.25) is 0 Å². The van der Waals surface area contributed by atoms with Crippen molar-refractivity contribution in [3.05, 3.63) is 0 Å². The van der Waals surface area contributed by atoms with Crippen molar-refractivity contribution in [3.8, 4) is 0 Å². The average Bonchev–Trinajstić information content (AvgIpc) is 3.56. The number of esters is 1. The number of fused-ring (bicyclic) bond motifs is 5. The summed E-state index contributed by atoms with van der Waals surface area (Å²) in [6.45, 7) is 17.9. The molecule has 16 atom stereocenters. The van der Waals surface area contributed by atoms with Gasteiger partial charge >= 0.3 is 5.97 Å². The molecule has 49 heavy (non-hydrogen) atoms. The van der Waals surface area contributed by atoms with E-state index < -0.39 is 66.3 Å². The molecule has 0 bridgehead atoms. The normalized spacial score (nSPS) is 54.1. The SMILES string of the molecule is CC(=O)O[C@@H]1C[C@@H]2[C@@]3(C)CC[C@@H](O[C@@H]4O[C@H](CO)[C@@H](O)[C@H](O)[C@H]4O)C(C)(C)C3CC[C@@]2(C)[C@]2(C)CC[C@](O)([C@]3(C)CC[C@H](C(C)(C)O)O3)C12. The molecule has 4 aliphatic carbocycles. The van der Waals surface area contributed by atoms with Crippen LogP contribution >= 0.6 is 0 Å². The third kappa shape index (κ3) is 5.41. The van der Waals surface area contributed by atoms with Crippen molar-refractivity contribution in [2.24, 2.45) is 39.4 Å². The molecule has 2 aliphatic heterocycles. The second kappa shape index (κ2) is 12.1. The molecule has 2 heterocycles. The van der Waals surface area contributed by atoms with Gasteiger partial charge in [0.05, 0.1) is 30.0 Å². The zero-order valence-electron chi connectivity index (χ0n) is 31.1. The number of aliphatic hydroxyl groups is 6. The highest BCUT2D eigenvalue weighted by molar-refractivity contribution is 5.66. The van der Waals surface area contributed by atoms with Gasteiger partial charge in [-0.1, -0.05) is 34.6 Å². The lowest BCUT2D eigenvalue weighted by atomic mass is 9.35. The first-order valence-corrected chi connectivity index (χ1v) is 18.8. The molecule has 6 fully saturated rings. The number of rotatable bonds is 6. The molecular formula is C38H64O11. The van der Waals surface area contributed by atoms with Crippen molar-refractivity contribution in [3.63, 3.8) is 0 Å². The number of carbonyl (C=O) groups excluding carboxylic acids is 1. The van der Waals surface area contributed by atoms with Gasteiger partial charge in [0.1, 0.15) is 36.1 Å². The summed E-state index contributed by atoms with van der Waals surface area (Å²) >= 11 is 0. The summed E-state index contributed by atoms with van der Waals surface area (Å²) in [6, 6.07) is 0. The van der Waals surface area contributed by atoms with Crippen LogP contribution < -0.4 is 0 Å². The minimum absolute atomic E-state index is 0.154. The van der Waals surface area contributed by atoms with Gasteiger partial charge in [0, 0.05) is 12.8 Å². The zero-order chi connectivity index (χ0) is 36.3. The van der Waals surface area contributed by atoms with Crippen molar-refractivity contribution in [2.75, 3.05) is 6.61 Å². The quantitative estimate of drug-likeness (QED) is 0.178. The topological polar surface area (TPSA) is 175 Å². The molecule has 282 valence electrons. The van der Waals surface area contributed by atoms with Gasteiger partial charge in [-0.3, -0.25) is 4.79 Å². The predicted octanol–water partition coefficient (Wildman–Crippen LogP) is 3.22. The third-order valence-electron chi connectivity index (χ3n) is 15.8. The summed E-state index contributed by atoms with van der Waals surface area (Å²) in [4.78, 5) is 12.8. The molecular weight excluding hydrogens is 632 g/mol. The third-order valence-corrected chi connectivity index (χ3v) is 15.8.